The Kier molecular flexibility index (Phi) is 9.06. The zero-order valence-corrected chi connectivity index (χ0v) is 18.2. The van der Waals surface area contributed by atoms with Gasteiger partial charge in [0.15, 0.2) is 0 Å². The molecular weight excluding hydrogens is 378 g/mol. The first-order valence-corrected chi connectivity index (χ1v) is 10.6. The molecule has 0 saturated carbocycles. The van der Waals surface area contributed by atoms with Crippen molar-refractivity contribution in [1.82, 2.24) is 0 Å². The number of carbonyl (C=O) groups excluding carboxylic acids is 2. The number of nitrogens with two attached hydrogens (primary N) is 1. The monoisotopic (exact) mass is 411 g/mol. The molecule has 2 N–H and O–H groups in total. The summed E-state index contributed by atoms with van der Waals surface area (Å²) in [5.41, 5.74) is 7.98. The molecule has 0 radical (unpaired) electrons. The maximum absolute atomic E-state index is 12.9. The smallest absolute Gasteiger partial charge is 0.313 e. The van der Waals surface area contributed by atoms with Crippen molar-refractivity contribution in [3.63, 3.8) is 0 Å². The Balaban J connectivity index is 2.26. The molecule has 0 aliphatic carbocycles. The first-order valence-electron chi connectivity index (χ1n) is 10.6. The van der Waals surface area contributed by atoms with E-state index >= 15 is 0 Å². The molecule has 0 spiro atoms. The van der Waals surface area contributed by atoms with Crippen molar-refractivity contribution in [3.8, 4) is 11.1 Å². The Morgan fingerprint density at radius 3 is 2.17 bits per heavy atom. The number of esters is 2. The lowest BCUT2D eigenvalue weighted by molar-refractivity contribution is -0.168. The van der Waals surface area contributed by atoms with Gasteiger partial charge in [-0.05, 0) is 43.4 Å². The van der Waals surface area contributed by atoms with Crippen LogP contribution in [-0.4, -0.2) is 31.7 Å². The van der Waals surface area contributed by atoms with E-state index in [2.05, 4.69) is 12.1 Å². The number of hydrogen-bond donors (Lipinski definition) is 1. The highest BCUT2D eigenvalue weighted by Gasteiger charge is 2.46. The van der Waals surface area contributed by atoms with Gasteiger partial charge in [0.2, 0.25) is 0 Å². The number of unbranched alkanes of at least 4 members (excludes halogenated alkanes) is 1. The third kappa shape index (κ3) is 5.92. The molecule has 5 heteroatoms. The number of benzene rings is 2. The standard InChI is InChI=1S/C25H33NO4/c1-4-6-16-30-23(27)22(18-26)25(3,24(28)29-5-2)17-19-12-14-21(15-13-19)20-10-8-7-9-11-20/h7-15,22H,4-6,16-18,26H2,1-3H3. The van der Waals surface area contributed by atoms with E-state index in [1.165, 1.54) is 0 Å². The summed E-state index contributed by atoms with van der Waals surface area (Å²) in [5.74, 6) is -1.65. The van der Waals surface area contributed by atoms with Crippen LogP contribution < -0.4 is 5.73 Å². The van der Waals surface area contributed by atoms with E-state index in [0.29, 0.717) is 13.0 Å². The summed E-state index contributed by atoms with van der Waals surface area (Å²) in [7, 11) is 0. The van der Waals surface area contributed by atoms with Crippen LogP contribution in [0.5, 0.6) is 0 Å². The van der Waals surface area contributed by atoms with E-state index in [-0.39, 0.29) is 13.2 Å². The van der Waals surface area contributed by atoms with Crippen molar-refractivity contribution in [2.24, 2.45) is 17.1 Å². The number of carbonyl (C=O) groups is 2. The molecule has 2 aromatic rings. The Hall–Kier alpha value is -2.66. The molecule has 2 atom stereocenters. The molecule has 5 nitrogen and oxygen atoms in total. The normalized spacial score (nSPS) is 13.9. The first kappa shape index (κ1) is 23.6. The van der Waals surface area contributed by atoms with E-state index in [1.807, 2.05) is 49.4 Å². The van der Waals surface area contributed by atoms with Gasteiger partial charge in [-0.15, -0.1) is 0 Å². The molecule has 0 fully saturated rings. The van der Waals surface area contributed by atoms with E-state index in [4.69, 9.17) is 15.2 Å². The van der Waals surface area contributed by atoms with Crippen LogP contribution in [0, 0.1) is 11.3 Å². The third-order valence-electron chi connectivity index (χ3n) is 5.41. The molecule has 0 saturated heterocycles. The second-order valence-electron chi connectivity index (χ2n) is 7.69. The average Bonchev–Trinajstić information content (AvgIpc) is 2.75. The lowest BCUT2D eigenvalue weighted by Gasteiger charge is -2.33. The highest BCUT2D eigenvalue weighted by atomic mass is 16.5. The highest BCUT2D eigenvalue weighted by Crippen LogP contribution is 2.35. The van der Waals surface area contributed by atoms with Gasteiger partial charge in [-0.2, -0.15) is 0 Å². The first-order chi connectivity index (χ1) is 14.5. The van der Waals surface area contributed by atoms with E-state index in [1.54, 1.807) is 13.8 Å². The van der Waals surface area contributed by atoms with Gasteiger partial charge in [-0.1, -0.05) is 67.9 Å². The molecular formula is C25H33NO4. The molecule has 2 rings (SSSR count). The van der Waals surface area contributed by atoms with Crippen molar-refractivity contribution in [1.29, 1.82) is 0 Å². The largest absolute Gasteiger partial charge is 0.466 e. The van der Waals surface area contributed by atoms with Crippen molar-refractivity contribution in [2.75, 3.05) is 19.8 Å². The van der Waals surface area contributed by atoms with Crippen LogP contribution in [0.4, 0.5) is 0 Å². The quantitative estimate of drug-likeness (QED) is 0.438. The van der Waals surface area contributed by atoms with Crippen molar-refractivity contribution in [3.05, 3.63) is 60.2 Å². The molecule has 0 bridgehead atoms. The van der Waals surface area contributed by atoms with E-state index < -0.39 is 23.3 Å². The lowest BCUT2D eigenvalue weighted by Crippen LogP contribution is -2.47. The van der Waals surface area contributed by atoms with Crippen LogP contribution in [0.25, 0.3) is 11.1 Å². The van der Waals surface area contributed by atoms with Crippen LogP contribution in [0.3, 0.4) is 0 Å². The van der Waals surface area contributed by atoms with Crippen LogP contribution in [0.2, 0.25) is 0 Å². The SMILES string of the molecule is CCCCOC(=O)C(CN)C(C)(Cc1ccc(-c2ccccc2)cc1)C(=O)OCC. The summed E-state index contributed by atoms with van der Waals surface area (Å²) in [5, 5.41) is 0. The van der Waals surface area contributed by atoms with Gasteiger partial charge in [-0.25, -0.2) is 0 Å². The van der Waals surface area contributed by atoms with Crippen molar-refractivity contribution < 1.29 is 19.1 Å². The minimum Gasteiger partial charge on any atom is -0.466 e. The number of rotatable bonds is 11. The minimum atomic E-state index is -1.11. The third-order valence-corrected chi connectivity index (χ3v) is 5.41. The molecule has 0 amide bonds. The summed E-state index contributed by atoms with van der Waals surface area (Å²) in [6, 6.07) is 18.1. The fourth-order valence-corrected chi connectivity index (χ4v) is 3.54. The van der Waals surface area contributed by atoms with Gasteiger partial charge in [0.05, 0.1) is 24.5 Å². The van der Waals surface area contributed by atoms with Crippen molar-refractivity contribution >= 4 is 11.9 Å². The lowest BCUT2D eigenvalue weighted by atomic mass is 9.72. The maximum Gasteiger partial charge on any atom is 0.313 e. The topological polar surface area (TPSA) is 78.6 Å². The van der Waals surface area contributed by atoms with E-state index in [9.17, 15) is 9.59 Å². The maximum atomic E-state index is 12.9. The molecule has 0 aliphatic heterocycles. The van der Waals surface area contributed by atoms with Crippen LogP contribution in [0.1, 0.15) is 39.2 Å². The summed E-state index contributed by atoms with van der Waals surface area (Å²) in [4.78, 5) is 25.6. The summed E-state index contributed by atoms with van der Waals surface area (Å²) in [6.45, 7) is 6.11. The van der Waals surface area contributed by atoms with Gasteiger partial charge in [0, 0.05) is 6.54 Å². The van der Waals surface area contributed by atoms with Gasteiger partial charge in [0.1, 0.15) is 0 Å². The van der Waals surface area contributed by atoms with Gasteiger partial charge >= 0.3 is 11.9 Å². The fraction of sp³-hybridized carbons (Fsp3) is 0.440. The molecule has 2 aromatic carbocycles. The number of hydrogen-bond acceptors (Lipinski definition) is 5. The highest BCUT2D eigenvalue weighted by molar-refractivity contribution is 5.85. The predicted octanol–water partition coefficient (Wildman–Crippen LogP) is 4.38. The van der Waals surface area contributed by atoms with Crippen LogP contribution >= 0.6 is 0 Å². The van der Waals surface area contributed by atoms with Gasteiger partial charge in [0.25, 0.3) is 0 Å². The summed E-state index contributed by atoms with van der Waals surface area (Å²) >= 11 is 0. The van der Waals surface area contributed by atoms with Gasteiger partial charge in [-0.3, -0.25) is 9.59 Å². The summed E-state index contributed by atoms with van der Waals surface area (Å²) in [6.07, 6.45) is 2.04. The molecule has 162 valence electrons. The van der Waals surface area contributed by atoms with Crippen molar-refractivity contribution in [2.45, 2.75) is 40.0 Å². The fourth-order valence-electron chi connectivity index (χ4n) is 3.54. The van der Waals surface area contributed by atoms with Crippen LogP contribution in [-0.2, 0) is 25.5 Å². The zero-order chi connectivity index (χ0) is 22.0. The summed E-state index contributed by atoms with van der Waals surface area (Å²) < 4.78 is 10.7. The Morgan fingerprint density at radius 2 is 1.60 bits per heavy atom. The average molecular weight is 412 g/mol. The zero-order valence-electron chi connectivity index (χ0n) is 18.2. The second-order valence-corrected chi connectivity index (χ2v) is 7.69. The van der Waals surface area contributed by atoms with Crippen LogP contribution in [0.15, 0.2) is 54.6 Å². The second kappa shape index (κ2) is 11.5. The van der Waals surface area contributed by atoms with E-state index in [0.717, 1.165) is 29.5 Å². The molecule has 0 heterocycles. The molecule has 0 aromatic heterocycles. The Labute approximate surface area is 179 Å². The minimum absolute atomic E-state index is 0.0162. The van der Waals surface area contributed by atoms with Gasteiger partial charge < -0.3 is 15.2 Å². The number of ether oxygens (including phenoxy) is 2. The Morgan fingerprint density at radius 1 is 0.967 bits per heavy atom. The predicted molar refractivity (Wildman–Crippen MR) is 119 cm³/mol. The molecule has 2 unspecified atom stereocenters. The Bertz CT molecular complexity index is 804. The molecule has 30 heavy (non-hydrogen) atoms. The molecule has 0 aliphatic rings.